The topological polar surface area (TPSA) is 78.4 Å². The average molecular weight is 384 g/mol. The molecule has 0 saturated carbocycles. The van der Waals surface area contributed by atoms with Crippen LogP contribution in [0.4, 0.5) is 0 Å². The number of nitrogens with zero attached hydrogens (tertiary/aromatic N) is 3. The molecule has 2 fully saturated rings. The van der Waals surface area contributed by atoms with Crippen molar-refractivity contribution in [1.82, 2.24) is 20.4 Å². The maximum atomic E-state index is 11.8. The number of amides is 1. The lowest BCUT2D eigenvalue weighted by atomic mass is 10.1. The van der Waals surface area contributed by atoms with Gasteiger partial charge < -0.3 is 25.0 Å². The molecule has 2 rings (SSSR count). The molecular formula is C19H37N5O3. The van der Waals surface area contributed by atoms with Gasteiger partial charge in [0.1, 0.15) is 6.54 Å². The van der Waals surface area contributed by atoms with E-state index >= 15 is 0 Å². The fourth-order valence-electron chi connectivity index (χ4n) is 3.18. The number of aliphatic imine (C=N–C) groups is 1. The quantitative estimate of drug-likeness (QED) is 0.339. The molecule has 0 aromatic carbocycles. The van der Waals surface area contributed by atoms with Crippen LogP contribution >= 0.6 is 0 Å². The van der Waals surface area contributed by atoms with Gasteiger partial charge in [0.2, 0.25) is 5.91 Å². The Morgan fingerprint density at radius 3 is 2.63 bits per heavy atom. The SMILES string of the molecule is CN(C)C(=O)CN=C(NCCCN1CCOCC1)NCCC1CCCCO1. The van der Waals surface area contributed by atoms with Gasteiger partial charge >= 0.3 is 0 Å². The molecule has 0 spiro atoms. The van der Waals surface area contributed by atoms with Crippen LogP contribution in [0.2, 0.25) is 0 Å². The Labute approximate surface area is 163 Å². The Hall–Kier alpha value is -1.38. The van der Waals surface area contributed by atoms with Crippen LogP contribution in [0.25, 0.3) is 0 Å². The molecule has 1 amide bonds. The van der Waals surface area contributed by atoms with Gasteiger partial charge in [-0.1, -0.05) is 0 Å². The lowest BCUT2D eigenvalue weighted by molar-refractivity contribution is -0.127. The second-order valence-electron chi connectivity index (χ2n) is 7.39. The van der Waals surface area contributed by atoms with Crippen molar-refractivity contribution in [3.05, 3.63) is 0 Å². The summed E-state index contributed by atoms with van der Waals surface area (Å²) in [7, 11) is 3.50. The predicted octanol–water partition coefficient (Wildman–Crippen LogP) is 0.291. The monoisotopic (exact) mass is 383 g/mol. The van der Waals surface area contributed by atoms with Gasteiger partial charge in [0.15, 0.2) is 5.96 Å². The minimum absolute atomic E-state index is 0.0000283. The number of carbonyl (C=O) groups is 1. The highest BCUT2D eigenvalue weighted by molar-refractivity contribution is 5.84. The molecule has 1 unspecified atom stereocenters. The van der Waals surface area contributed by atoms with E-state index < -0.39 is 0 Å². The molecule has 8 heteroatoms. The summed E-state index contributed by atoms with van der Waals surface area (Å²) < 4.78 is 11.2. The van der Waals surface area contributed by atoms with E-state index in [9.17, 15) is 4.79 Å². The fraction of sp³-hybridized carbons (Fsp3) is 0.895. The number of rotatable bonds is 9. The normalized spacial score (nSPS) is 21.7. The van der Waals surface area contributed by atoms with Crippen LogP contribution in [-0.2, 0) is 14.3 Å². The molecule has 0 bridgehead atoms. The van der Waals surface area contributed by atoms with Gasteiger partial charge in [-0.05, 0) is 38.6 Å². The second-order valence-corrected chi connectivity index (χ2v) is 7.39. The van der Waals surface area contributed by atoms with Gasteiger partial charge in [-0.2, -0.15) is 0 Å². The van der Waals surface area contributed by atoms with Crippen LogP contribution in [0.15, 0.2) is 4.99 Å². The average Bonchev–Trinajstić information content (AvgIpc) is 2.70. The smallest absolute Gasteiger partial charge is 0.243 e. The summed E-state index contributed by atoms with van der Waals surface area (Å²) >= 11 is 0. The molecule has 0 aromatic heterocycles. The molecule has 0 aromatic rings. The lowest BCUT2D eigenvalue weighted by Gasteiger charge is -2.26. The number of likely N-dealkylation sites (N-methyl/N-ethyl adjacent to an activating group) is 1. The van der Waals surface area contributed by atoms with E-state index in [0.29, 0.717) is 12.1 Å². The van der Waals surface area contributed by atoms with Crippen molar-refractivity contribution in [3.8, 4) is 0 Å². The van der Waals surface area contributed by atoms with Crippen LogP contribution in [0.3, 0.4) is 0 Å². The molecule has 2 aliphatic heterocycles. The summed E-state index contributed by atoms with van der Waals surface area (Å²) in [5, 5.41) is 6.72. The van der Waals surface area contributed by atoms with Gasteiger partial charge in [-0.3, -0.25) is 9.69 Å². The first-order valence-corrected chi connectivity index (χ1v) is 10.3. The molecule has 2 heterocycles. The van der Waals surface area contributed by atoms with E-state index in [2.05, 4.69) is 20.5 Å². The van der Waals surface area contributed by atoms with Crippen LogP contribution in [0.1, 0.15) is 32.1 Å². The van der Waals surface area contributed by atoms with Crippen LogP contribution in [0, 0.1) is 0 Å². The zero-order valence-corrected chi connectivity index (χ0v) is 17.0. The first kappa shape index (κ1) is 21.9. The van der Waals surface area contributed by atoms with Crippen molar-refractivity contribution in [2.45, 2.75) is 38.2 Å². The predicted molar refractivity (Wildman–Crippen MR) is 107 cm³/mol. The Bertz CT molecular complexity index is 447. The number of hydrogen-bond acceptors (Lipinski definition) is 5. The first-order valence-electron chi connectivity index (χ1n) is 10.3. The van der Waals surface area contributed by atoms with Crippen molar-refractivity contribution in [2.75, 3.05) is 73.2 Å². The van der Waals surface area contributed by atoms with E-state index in [4.69, 9.17) is 9.47 Å². The minimum atomic E-state index is 0.0000283. The molecule has 2 aliphatic rings. The maximum Gasteiger partial charge on any atom is 0.243 e. The Morgan fingerprint density at radius 2 is 1.93 bits per heavy atom. The van der Waals surface area contributed by atoms with E-state index in [0.717, 1.165) is 71.8 Å². The zero-order valence-electron chi connectivity index (χ0n) is 17.0. The van der Waals surface area contributed by atoms with Crippen molar-refractivity contribution < 1.29 is 14.3 Å². The van der Waals surface area contributed by atoms with Gasteiger partial charge in [-0.25, -0.2) is 4.99 Å². The molecule has 0 aliphatic carbocycles. The largest absolute Gasteiger partial charge is 0.379 e. The van der Waals surface area contributed by atoms with Crippen molar-refractivity contribution in [1.29, 1.82) is 0 Å². The summed E-state index contributed by atoms with van der Waals surface area (Å²) in [6, 6.07) is 0. The Kier molecular flexibility index (Phi) is 10.5. The standard InChI is InChI=1S/C19H37N5O3/c1-23(2)18(25)16-22-19(21-9-7-17-6-3-4-13-27-17)20-8-5-10-24-11-14-26-15-12-24/h17H,3-16H2,1-2H3,(H2,20,21,22). The van der Waals surface area contributed by atoms with E-state index in [1.165, 1.54) is 12.8 Å². The highest BCUT2D eigenvalue weighted by atomic mass is 16.5. The first-order chi connectivity index (χ1) is 13.1. The Morgan fingerprint density at radius 1 is 1.15 bits per heavy atom. The van der Waals surface area contributed by atoms with Crippen LogP contribution in [-0.4, -0.2) is 101 Å². The third kappa shape index (κ3) is 9.39. The molecular weight excluding hydrogens is 346 g/mol. The van der Waals surface area contributed by atoms with E-state index in [1.807, 2.05) is 0 Å². The number of nitrogens with one attached hydrogen (secondary N) is 2. The third-order valence-electron chi connectivity index (χ3n) is 4.95. The lowest BCUT2D eigenvalue weighted by Crippen LogP contribution is -2.42. The fourth-order valence-corrected chi connectivity index (χ4v) is 3.18. The summed E-state index contributed by atoms with van der Waals surface area (Å²) in [6.07, 6.45) is 5.92. The molecule has 2 N–H and O–H groups in total. The van der Waals surface area contributed by atoms with Gasteiger partial charge in [0, 0.05) is 46.9 Å². The van der Waals surface area contributed by atoms with E-state index in [-0.39, 0.29) is 12.5 Å². The Balaban J connectivity index is 1.70. The number of ether oxygens (including phenoxy) is 2. The number of carbonyl (C=O) groups excluding carboxylic acids is 1. The number of morpholine rings is 1. The molecule has 156 valence electrons. The van der Waals surface area contributed by atoms with Gasteiger partial charge in [-0.15, -0.1) is 0 Å². The molecule has 2 saturated heterocycles. The van der Waals surface area contributed by atoms with E-state index in [1.54, 1.807) is 19.0 Å². The maximum absolute atomic E-state index is 11.8. The number of guanidine groups is 1. The van der Waals surface area contributed by atoms with Crippen molar-refractivity contribution in [3.63, 3.8) is 0 Å². The van der Waals surface area contributed by atoms with Gasteiger partial charge in [0.25, 0.3) is 0 Å². The highest BCUT2D eigenvalue weighted by Crippen LogP contribution is 2.14. The summed E-state index contributed by atoms with van der Waals surface area (Å²) in [4.78, 5) is 20.3. The molecule has 1 atom stereocenters. The second kappa shape index (κ2) is 12.9. The summed E-state index contributed by atoms with van der Waals surface area (Å²) in [5.41, 5.74) is 0. The van der Waals surface area contributed by atoms with Crippen molar-refractivity contribution in [2.24, 2.45) is 4.99 Å². The van der Waals surface area contributed by atoms with Gasteiger partial charge in [0.05, 0.1) is 19.3 Å². The molecule has 0 radical (unpaired) electrons. The summed E-state index contributed by atoms with van der Waals surface area (Å²) in [6.45, 7) is 7.41. The van der Waals surface area contributed by atoms with Crippen LogP contribution in [0.5, 0.6) is 0 Å². The molecule has 8 nitrogen and oxygen atoms in total. The number of hydrogen-bond donors (Lipinski definition) is 2. The summed E-state index contributed by atoms with van der Waals surface area (Å²) in [5.74, 6) is 0.711. The third-order valence-corrected chi connectivity index (χ3v) is 4.95. The minimum Gasteiger partial charge on any atom is -0.379 e. The zero-order chi connectivity index (χ0) is 19.3. The van der Waals surface area contributed by atoms with Crippen molar-refractivity contribution >= 4 is 11.9 Å². The molecule has 27 heavy (non-hydrogen) atoms. The highest BCUT2D eigenvalue weighted by Gasteiger charge is 2.14. The van der Waals surface area contributed by atoms with Crippen LogP contribution < -0.4 is 10.6 Å².